The average molecular weight is 807 g/mol. The molecule has 6 aromatic carbocycles. The number of pyridine rings is 4. The van der Waals surface area contributed by atoms with Gasteiger partial charge in [0.1, 0.15) is 11.5 Å². The molecule has 6 heterocycles. The molecule has 0 atom stereocenters. The zero-order valence-electron chi connectivity index (χ0n) is 33.7. The maximum atomic E-state index is 6.05. The fourth-order valence-electron chi connectivity index (χ4n) is 9.90. The van der Waals surface area contributed by atoms with Crippen LogP contribution in [0.15, 0.2) is 216 Å². The van der Waals surface area contributed by atoms with E-state index in [9.17, 15) is 0 Å². The molecule has 0 fully saturated rings. The number of furan rings is 2. The predicted octanol–water partition coefficient (Wildman–Crippen LogP) is 14.1. The van der Waals surface area contributed by atoms with E-state index >= 15 is 0 Å². The normalized spacial score (nSPS) is 12.9. The lowest BCUT2D eigenvalue weighted by Gasteiger charge is -2.35. The minimum Gasteiger partial charge on any atom is -0.464 e. The van der Waals surface area contributed by atoms with Gasteiger partial charge in [-0.3, -0.25) is 9.97 Å². The molecule has 0 amide bonds. The van der Waals surface area contributed by atoms with Gasteiger partial charge in [0.05, 0.1) is 51.4 Å². The van der Waals surface area contributed by atoms with Gasteiger partial charge >= 0.3 is 0 Å². The molecule has 6 aromatic heterocycles. The minimum absolute atomic E-state index is 0.807. The average Bonchev–Trinajstić information content (AvgIpc) is 4.15. The number of hydrogen-bond donors (Lipinski definition) is 0. The van der Waals surface area contributed by atoms with Gasteiger partial charge in [-0.25, -0.2) is 9.97 Å². The van der Waals surface area contributed by atoms with Crippen molar-refractivity contribution in [3.05, 3.63) is 229 Å². The van der Waals surface area contributed by atoms with Crippen molar-refractivity contribution in [2.75, 3.05) is 0 Å². The van der Waals surface area contributed by atoms with Crippen molar-refractivity contribution in [2.45, 2.75) is 5.41 Å². The summed E-state index contributed by atoms with van der Waals surface area (Å²) in [6, 6.07) is 64.3. The third-order valence-corrected chi connectivity index (χ3v) is 12.8. The summed E-state index contributed by atoms with van der Waals surface area (Å²) < 4.78 is 12.1. The molecule has 13 rings (SSSR count). The van der Waals surface area contributed by atoms with Crippen LogP contribution in [0.25, 0.3) is 99.9 Å². The van der Waals surface area contributed by atoms with Gasteiger partial charge in [-0.15, -0.1) is 0 Å². The highest BCUT2D eigenvalue weighted by Crippen LogP contribution is 2.58. The largest absolute Gasteiger partial charge is 0.464 e. The number of nitrogens with zero attached hydrogens (tertiary/aromatic N) is 4. The number of rotatable bonds is 6. The van der Waals surface area contributed by atoms with Crippen LogP contribution in [-0.4, -0.2) is 19.9 Å². The standard InChI is InChI=1S/C57H34N4O2/c1-7-39(49-25-21-37-17-15-35-9-3-27-58-53(35)55(37)60-49)31-43(11-1)57(44-12-2-8-40(32-44)50-26-22-38-18-16-36-10-4-28-59-54(36)56(38)61-50)47-33-41(51-13-5-29-62-51)19-23-45(47)46-24-20-42(34-48(46)57)52-14-6-30-63-52/h1-34H. The van der Waals surface area contributed by atoms with Gasteiger partial charge in [-0.2, -0.15) is 0 Å². The predicted molar refractivity (Wildman–Crippen MR) is 251 cm³/mol. The molecule has 294 valence electrons. The second-order valence-corrected chi connectivity index (χ2v) is 16.2. The molecule has 0 saturated heterocycles. The Morgan fingerprint density at radius 3 is 1.27 bits per heavy atom. The van der Waals surface area contributed by atoms with Crippen LogP contribution in [-0.2, 0) is 5.41 Å². The molecule has 0 saturated carbocycles. The first kappa shape index (κ1) is 35.3. The van der Waals surface area contributed by atoms with Crippen LogP contribution in [0.1, 0.15) is 22.3 Å². The van der Waals surface area contributed by atoms with Crippen molar-refractivity contribution >= 4 is 43.6 Å². The molecule has 0 aliphatic heterocycles. The lowest BCUT2D eigenvalue weighted by atomic mass is 9.66. The molecule has 0 radical (unpaired) electrons. The summed E-state index contributed by atoms with van der Waals surface area (Å²) in [5.41, 5.74) is 15.3. The Bertz CT molecular complexity index is 3510. The number of benzene rings is 6. The highest BCUT2D eigenvalue weighted by Gasteiger charge is 2.47. The van der Waals surface area contributed by atoms with Gasteiger partial charge in [0, 0.05) is 56.2 Å². The van der Waals surface area contributed by atoms with Crippen LogP contribution < -0.4 is 0 Å². The number of hydrogen-bond acceptors (Lipinski definition) is 6. The maximum Gasteiger partial charge on any atom is 0.133 e. The third kappa shape index (κ3) is 5.45. The fraction of sp³-hybridized carbons (Fsp3) is 0.0175. The first-order valence-corrected chi connectivity index (χ1v) is 21.1. The van der Waals surface area contributed by atoms with Gasteiger partial charge < -0.3 is 8.83 Å². The summed E-state index contributed by atoms with van der Waals surface area (Å²) in [5.74, 6) is 1.62. The monoisotopic (exact) mass is 806 g/mol. The SMILES string of the molecule is c1cc(-c2ccc3ccc4cccnc4c3n2)cc(C2(c3cccc(-c4ccc5ccc6cccnc6c5n4)c3)c3cc(-c4ccco4)ccc3-c3ccc(-c4ccco4)cc32)c1. The first-order valence-electron chi connectivity index (χ1n) is 21.1. The number of aromatic nitrogens is 4. The Morgan fingerprint density at radius 1 is 0.349 bits per heavy atom. The summed E-state index contributed by atoms with van der Waals surface area (Å²) >= 11 is 0. The molecule has 0 bridgehead atoms. The summed E-state index contributed by atoms with van der Waals surface area (Å²) in [5, 5.41) is 4.23. The Hall–Kier alpha value is -8.48. The zero-order chi connectivity index (χ0) is 41.5. The fourth-order valence-corrected chi connectivity index (χ4v) is 9.90. The van der Waals surface area contributed by atoms with E-state index < -0.39 is 5.41 Å². The zero-order valence-corrected chi connectivity index (χ0v) is 33.7. The van der Waals surface area contributed by atoms with E-state index in [0.29, 0.717) is 0 Å². The van der Waals surface area contributed by atoms with E-state index in [0.717, 1.165) is 122 Å². The lowest BCUT2D eigenvalue weighted by Crippen LogP contribution is -2.29. The molecular formula is C57H34N4O2. The first-order chi connectivity index (χ1) is 31.2. The van der Waals surface area contributed by atoms with Crippen LogP contribution in [0, 0.1) is 0 Å². The van der Waals surface area contributed by atoms with Crippen molar-refractivity contribution < 1.29 is 8.83 Å². The van der Waals surface area contributed by atoms with Crippen LogP contribution in [0.5, 0.6) is 0 Å². The molecule has 12 aromatic rings. The Morgan fingerprint density at radius 2 is 0.810 bits per heavy atom. The van der Waals surface area contributed by atoms with Gasteiger partial charge in [0.2, 0.25) is 0 Å². The molecule has 0 spiro atoms. The van der Waals surface area contributed by atoms with Crippen LogP contribution in [0.3, 0.4) is 0 Å². The summed E-state index contributed by atoms with van der Waals surface area (Å²) in [6.45, 7) is 0. The molecule has 0 unspecified atom stereocenters. The third-order valence-electron chi connectivity index (χ3n) is 12.8. The minimum atomic E-state index is -0.807. The van der Waals surface area contributed by atoms with Gasteiger partial charge in [0.25, 0.3) is 0 Å². The van der Waals surface area contributed by atoms with Crippen molar-refractivity contribution in [3.63, 3.8) is 0 Å². The molecule has 1 aliphatic rings. The van der Waals surface area contributed by atoms with E-state index in [-0.39, 0.29) is 0 Å². The lowest BCUT2D eigenvalue weighted by molar-refractivity contribution is 0.582. The summed E-state index contributed by atoms with van der Waals surface area (Å²) in [4.78, 5) is 20.2. The second-order valence-electron chi connectivity index (χ2n) is 16.2. The maximum absolute atomic E-state index is 6.05. The Kier molecular flexibility index (Phi) is 7.72. The second kappa shape index (κ2) is 13.8. The van der Waals surface area contributed by atoms with Gasteiger partial charge in [-0.05, 0) is 106 Å². The Balaban J connectivity index is 1.09. The van der Waals surface area contributed by atoms with E-state index in [4.69, 9.17) is 28.8 Å². The molecule has 0 N–H and O–H groups in total. The number of fused-ring (bicyclic) bond motifs is 9. The van der Waals surface area contributed by atoms with Crippen molar-refractivity contribution in [1.82, 2.24) is 19.9 Å². The van der Waals surface area contributed by atoms with Crippen molar-refractivity contribution in [3.8, 4) is 56.3 Å². The molecule has 6 heteroatoms. The summed E-state index contributed by atoms with van der Waals surface area (Å²) in [6.07, 6.45) is 7.14. The van der Waals surface area contributed by atoms with Crippen LogP contribution >= 0.6 is 0 Å². The highest BCUT2D eigenvalue weighted by molar-refractivity contribution is 6.04. The van der Waals surface area contributed by atoms with Crippen molar-refractivity contribution in [2.24, 2.45) is 0 Å². The molecule has 63 heavy (non-hydrogen) atoms. The van der Waals surface area contributed by atoms with E-state index in [2.05, 4.69) is 146 Å². The van der Waals surface area contributed by atoms with Gasteiger partial charge in [0.15, 0.2) is 0 Å². The van der Waals surface area contributed by atoms with Crippen LogP contribution in [0.4, 0.5) is 0 Å². The smallest absolute Gasteiger partial charge is 0.133 e. The molecule has 1 aliphatic carbocycles. The van der Waals surface area contributed by atoms with E-state index in [1.54, 1.807) is 12.5 Å². The van der Waals surface area contributed by atoms with Crippen molar-refractivity contribution in [1.29, 1.82) is 0 Å². The van der Waals surface area contributed by atoms with E-state index in [1.807, 2.05) is 48.8 Å². The highest BCUT2D eigenvalue weighted by atomic mass is 16.3. The van der Waals surface area contributed by atoms with Gasteiger partial charge in [-0.1, -0.05) is 109 Å². The molecule has 6 nitrogen and oxygen atoms in total. The van der Waals surface area contributed by atoms with Crippen LogP contribution in [0.2, 0.25) is 0 Å². The molecular weight excluding hydrogens is 773 g/mol. The van der Waals surface area contributed by atoms with E-state index in [1.165, 1.54) is 0 Å². The summed E-state index contributed by atoms with van der Waals surface area (Å²) in [7, 11) is 0. The Labute approximate surface area is 361 Å². The topological polar surface area (TPSA) is 77.8 Å². The quantitative estimate of drug-likeness (QED) is 0.156.